The molecule has 0 N–H and O–H groups in total. The molecule has 0 fully saturated rings. The molecule has 0 bridgehead atoms. The molecule has 0 unspecified atom stereocenters. The summed E-state index contributed by atoms with van der Waals surface area (Å²) in [7, 11) is 0. The van der Waals surface area contributed by atoms with Crippen LogP contribution in [-0.2, 0) is 9.53 Å². The zero-order chi connectivity index (χ0) is 8.69. The van der Waals surface area contributed by atoms with Crippen LogP contribution in [0.2, 0.25) is 0 Å². The number of ether oxygens (including phenoxy) is 1. The lowest BCUT2D eigenvalue weighted by atomic mass is 10.4. The summed E-state index contributed by atoms with van der Waals surface area (Å²) in [4.78, 5) is 10.7. The van der Waals surface area contributed by atoms with Crippen LogP contribution in [0.5, 0.6) is 0 Å². The first-order valence-electron chi connectivity index (χ1n) is 3.02. The fourth-order valence-corrected chi connectivity index (χ4v) is 0.603. The molecule has 0 amide bonds. The van der Waals surface area contributed by atoms with Gasteiger partial charge in [0.2, 0.25) is 0 Å². The van der Waals surface area contributed by atoms with Gasteiger partial charge in [0, 0.05) is 11.3 Å². The Bertz CT molecular complexity index is 195. The number of rotatable bonds is 4. The second-order valence-electron chi connectivity index (χ2n) is 1.86. The van der Waals surface area contributed by atoms with Crippen molar-refractivity contribution in [3.8, 4) is 5.40 Å². The molecule has 4 heteroatoms. The Morgan fingerprint density at radius 1 is 1.82 bits per heavy atom. The Morgan fingerprint density at radius 3 is 2.91 bits per heavy atom. The molecule has 0 atom stereocenters. The molecule has 0 spiro atoms. The van der Waals surface area contributed by atoms with E-state index in [2.05, 4.69) is 6.58 Å². The Labute approximate surface area is 70.0 Å². The van der Waals surface area contributed by atoms with Gasteiger partial charge in [-0.1, -0.05) is 6.58 Å². The topological polar surface area (TPSA) is 50.1 Å². The van der Waals surface area contributed by atoms with Crippen molar-refractivity contribution in [3.05, 3.63) is 12.2 Å². The van der Waals surface area contributed by atoms with Gasteiger partial charge in [-0.15, -0.1) is 0 Å². The standard InChI is InChI=1S/C7H9NO2S/c1-6(2)7(9)10-3-4-11-5-8/h1,3-4H2,2H3. The van der Waals surface area contributed by atoms with Crippen LogP contribution in [-0.4, -0.2) is 18.3 Å². The molecule has 0 saturated heterocycles. The average Bonchev–Trinajstić information content (AvgIpc) is 1.97. The van der Waals surface area contributed by atoms with Crippen molar-refractivity contribution < 1.29 is 9.53 Å². The van der Waals surface area contributed by atoms with E-state index in [0.29, 0.717) is 11.3 Å². The van der Waals surface area contributed by atoms with E-state index >= 15 is 0 Å². The van der Waals surface area contributed by atoms with E-state index in [4.69, 9.17) is 10.00 Å². The van der Waals surface area contributed by atoms with Gasteiger partial charge in [-0.3, -0.25) is 0 Å². The number of nitriles is 1. The highest BCUT2D eigenvalue weighted by Crippen LogP contribution is 1.97. The molecule has 0 aliphatic rings. The predicted octanol–water partition coefficient (Wildman–Crippen LogP) is 1.32. The lowest BCUT2D eigenvalue weighted by Crippen LogP contribution is -2.07. The van der Waals surface area contributed by atoms with E-state index in [9.17, 15) is 4.79 Å². The highest BCUT2D eigenvalue weighted by Gasteiger charge is 2.01. The first-order chi connectivity index (χ1) is 5.18. The molecule has 0 rings (SSSR count). The summed E-state index contributed by atoms with van der Waals surface area (Å²) >= 11 is 1.06. The van der Waals surface area contributed by atoms with Crippen LogP contribution in [0.3, 0.4) is 0 Å². The van der Waals surface area contributed by atoms with E-state index in [0.717, 1.165) is 11.8 Å². The van der Waals surface area contributed by atoms with E-state index in [1.165, 1.54) is 0 Å². The van der Waals surface area contributed by atoms with Gasteiger partial charge >= 0.3 is 5.97 Å². The summed E-state index contributed by atoms with van der Waals surface area (Å²) in [6.45, 7) is 5.26. The molecule has 0 aliphatic heterocycles. The molecule has 0 aliphatic carbocycles. The van der Waals surface area contributed by atoms with Gasteiger partial charge in [0.05, 0.1) is 0 Å². The van der Waals surface area contributed by atoms with Crippen LogP contribution in [0.4, 0.5) is 0 Å². The number of hydrogen-bond acceptors (Lipinski definition) is 4. The summed E-state index contributed by atoms with van der Waals surface area (Å²) < 4.78 is 4.70. The largest absolute Gasteiger partial charge is 0.461 e. The minimum atomic E-state index is -0.400. The van der Waals surface area contributed by atoms with Gasteiger partial charge in [-0.25, -0.2) is 4.79 Å². The van der Waals surface area contributed by atoms with Gasteiger partial charge < -0.3 is 4.74 Å². The third-order valence-corrected chi connectivity index (χ3v) is 1.33. The highest BCUT2D eigenvalue weighted by atomic mass is 32.2. The van der Waals surface area contributed by atoms with Crippen LogP contribution < -0.4 is 0 Å². The van der Waals surface area contributed by atoms with Crippen molar-refractivity contribution in [3.63, 3.8) is 0 Å². The maximum absolute atomic E-state index is 10.7. The Morgan fingerprint density at radius 2 is 2.45 bits per heavy atom. The Balaban J connectivity index is 3.34. The van der Waals surface area contributed by atoms with E-state index in [1.54, 1.807) is 6.92 Å². The van der Waals surface area contributed by atoms with Crippen LogP contribution in [0.15, 0.2) is 12.2 Å². The maximum Gasteiger partial charge on any atom is 0.333 e. The third kappa shape index (κ3) is 5.49. The predicted molar refractivity (Wildman–Crippen MR) is 43.8 cm³/mol. The molecule has 0 aromatic carbocycles. The van der Waals surface area contributed by atoms with Crippen molar-refractivity contribution in [1.82, 2.24) is 0 Å². The summed E-state index contributed by atoms with van der Waals surface area (Å²) in [6.07, 6.45) is 0. The van der Waals surface area contributed by atoms with Crippen molar-refractivity contribution in [2.45, 2.75) is 6.92 Å². The molecular weight excluding hydrogens is 162 g/mol. The third-order valence-electron chi connectivity index (χ3n) is 0.832. The first-order valence-corrected chi connectivity index (χ1v) is 4.00. The van der Waals surface area contributed by atoms with Gasteiger partial charge in [-0.2, -0.15) is 5.26 Å². The smallest absolute Gasteiger partial charge is 0.333 e. The molecule has 60 valence electrons. The number of thiocyanates is 1. The number of hydrogen-bond donors (Lipinski definition) is 0. The highest BCUT2D eigenvalue weighted by molar-refractivity contribution is 8.03. The summed E-state index contributed by atoms with van der Waals surface area (Å²) in [5.74, 6) is 0.110. The molecule has 0 saturated carbocycles. The molecule has 11 heavy (non-hydrogen) atoms. The summed E-state index contributed by atoms with van der Waals surface area (Å²) in [5, 5.41) is 9.97. The quantitative estimate of drug-likeness (QED) is 0.277. The minimum absolute atomic E-state index is 0.268. The average molecular weight is 171 g/mol. The lowest BCUT2D eigenvalue weighted by molar-refractivity contribution is -0.138. The molecule has 0 heterocycles. The SMILES string of the molecule is C=C(C)C(=O)OCCSC#N. The van der Waals surface area contributed by atoms with Gasteiger partial charge in [0.1, 0.15) is 12.0 Å². The van der Waals surface area contributed by atoms with Crippen molar-refractivity contribution in [2.24, 2.45) is 0 Å². The summed E-state index contributed by atoms with van der Waals surface area (Å²) in [5.41, 5.74) is 0.381. The molecule has 0 aromatic heterocycles. The monoisotopic (exact) mass is 171 g/mol. The van der Waals surface area contributed by atoms with Crippen molar-refractivity contribution in [2.75, 3.05) is 12.4 Å². The van der Waals surface area contributed by atoms with Gasteiger partial charge in [-0.05, 0) is 18.7 Å². The van der Waals surface area contributed by atoms with Gasteiger partial charge in [0.25, 0.3) is 0 Å². The second-order valence-corrected chi connectivity index (χ2v) is 2.74. The van der Waals surface area contributed by atoms with Crippen molar-refractivity contribution >= 4 is 17.7 Å². The number of nitrogens with zero attached hydrogens (tertiary/aromatic N) is 1. The molecule has 0 aromatic rings. The maximum atomic E-state index is 10.7. The van der Waals surface area contributed by atoms with Crippen LogP contribution >= 0.6 is 11.8 Å². The fourth-order valence-electron chi connectivity index (χ4n) is 0.345. The van der Waals surface area contributed by atoms with E-state index in [1.807, 2.05) is 5.40 Å². The van der Waals surface area contributed by atoms with Crippen LogP contribution in [0.25, 0.3) is 0 Å². The van der Waals surface area contributed by atoms with Crippen molar-refractivity contribution in [1.29, 1.82) is 5.26 Å². The van der Waals surface area contributed by atoms with E-state index in [-0.39, 0.29) is 6.61 Å². The number of esters is 1. The normalized spacial score (nSPS) is 8.36. The summed E-state index contributed by atoms with van der Waals surface area (Å²) in [6, 6.07) is 0. The molecule has 3 nitrogen and oxygen atoms in total. The van der Waals surface area contributed by atoms with E-state index < -0.39 is 5.97 Å². The number of thioether (sulfide) groups is 1. The zero-order valence-electron chi connectivity index (χ0n) is 6.29. The van der Waals surface area contributed by atoms with Crippen LogP contribution in [0, 0.1) is 10.7 Å². The van der Waals surface area contributed by atoms with Crippen LogP contribution in [0.1, 0.15) is 6.92 Å². The first kappa shape index (κ1) is 10.0. The minimum Gasteiger partial charge on any atom is -0.461 e. The fraction of sp³-hybridized carbons (Fsp3) is 0.429. The zero-order valence-corrected chi connectivity index (χ0v) is 7.11. The number of carbonyl (C=O) groups excluding carboxylic acids is 1. The Kier molecular flexibility index (Phi) is 5.30. The number of carbonyl (C=O) groups is 1. The molecule has 0 radical (unpaired) electrons. The Hall–Kier alpha value is -0.950. The van der Waals surface area contributed by atoms with Gasteiger partial charge in [0.15, 0.2) is 0 Å². The molecular formula is C7H9NO2S. The second kappa shape index (κ2) is 5.81. The lowest BCUT2D eigenvalue weighted by Gasteiger charge is -2.00.